The largest absolute Gasteiger partial charge is 0.373 e. The van der Waals surface area contributed by atoms with Crippen molar-refractivity contribution in [3.8, 4) is 0 Å². The number of nitrogens with zero attached hydrogens (tertiary/aromatic N) is 3. The second-order valence-corrected chi connectivity index (χ2v) is 8.81. The zero-order chi connectivity index (χ0) is 18.0. The normalized spacial score (nSPS) is 27.5. The van der Waals surface area contributed by atoms with Crippen LogP contribution >= 0.6 is 0 Å². The first-order valence-electron chi connectivity index (χ1n) is 8.72. The Morgan fingerprint density at radius 1 is 1.00 bits per heavy atom. The highest BCUT2D eigenvalue weighted by molar-refractivity contribution is 7.86. The van der Waals surface area contributed by atoms with Gasteiger partial charge in [0, 0.05) is 45.8 Å². The Morgan fingerprint density at radius 2 is 1.56 bits per heavy atom. The van der Waals surface area contributed by atoms with Gasteiger partial charge in [0.1, 0.15) is 5.82 Å². The molecule has 2 heterocycles. The van der Waals surface area contributed by atoms with Gasteiger partial charge in [0.25, 0.3) is 10.2 Å². The molecule has 6 nitrogen and oxygen atoms in total. The summed E-state index contributed by atoms with van der Waals surface area (Å²) in [7, 11) is -3.44. The fraction of sp³-hybridized carbons (Fsp3) is 0.647. The van der Waals surface area contributed by atoms with Crippen LogP contribution in [0.4, 0.5) is 4.39 Å². The standard InChI is InChI=1S/C17H26FN3O3S/c1-14-11-21(12-15(2)24-14)25(22,23)20-9-7-19(8-10-20)13-16-3-5-17(18)6-4-16/h3-6,14-15H,7-13H2,1-2H3. The lowest BCUT2D eigenvalue weighted by Crippen LogP contribution is -2.56. The van der Waals surface area contributed by atoms with Crippen LogP contribution in [0.1, 0.15) is 19.4 Å². The molecule has 8 heteroatoms. The molecule has 2 unspecified atom stereocenters. The van der Waals surface area contributed by atoms with Gasteiger partial charge in [-0.25, -0.2) is 4.39 Å². The van der Waals surface area contributed by atoms with E-state index in [-0.39, 0.29) is 18.0 Å². The third-order valence-corrected chi connectivity index (χ3v) is 6.66. The van der Waals surface area contributed by atoms with Crippen LogP contribution < -0.4 is 0 Å². The van der Waals surface area contributed by atoms with Crippen LogP contribution in [-0.4, -0.2) is 73.4 Å². The lowest BCUT2D eigenvalue weighted by Gasteiger charge is -2.40. The molecular weight excluding hydrogens is 345 g/mol. The Bertz CT molecular complexity index is 665. The molecule has 0 amide bonds. The first kappa shape index (κ1) is 18.7. The number of ether oxygens (including phenoxy) is 1. The summed E-state index contributed by atoms with van der Waals surface area (Å²) in [5, 5.41) is 0. The van der Waals surface area contributed by atoms with E-state index in [0.717, 1.165) is 5.56 Å². The van der Waals surface area contributed by atoms with Crippen molar-refractivity contribution in [2.75, 3.05) is 39.3 Å². The molecule has 3 rings (SSSR count). The average molecular weight is 371 g/mol. The first-order valence-corrected chi connectivity index (χ1v) is 10.1. The molecule has 0 spiro atoms. The van der Waals surface area contributed by atoms with Crippen LogP contribution in [0.3, 0.4) is 0 Å². The van der Waals surface area contributed by atoms with E-state index in [2.05, 4.69) is 4.90 Å². The number of hydrogen-bond acceptors (Lipinski definition) is 4. The van der Waals surface area contributed by atoms with Gasteiger partial charge in [0.15, 0.2) is 0 Å². The molecule has 0 aliphatic carbocycles. The van der Waals surface area contributed by atoms with Gasteiger partial charge in [0.05, 0.1) is 12.2 Å². The Balaban J connectivity index is 1.56. The fourth-order valence-electron chi connectivity index (χ4n) is 3.45. The minimum atomic E-state index is -3.44. The molecule has 0 radical (unpaired) electrons. The molecule has 1 aromatic carbocycles. The third kappa shape index (κ3) is 4.57. The zero-order valence-electron chi connectivity index (χ0n) is 14.8. The molecule has 0 bridgehead atoms. The molecule has 0 N–H and O–H groups in total. The van der Waals surface area contributed by atoms with E-state index < -0.39 is 10.2 Å². The molecule has 0 saturated carbocycles. The van der Waals surface area contributed by atoms with E-state index in [1.807, 2.05) is 13.8 Å². The Labute approximate surface area is 149 Å². The van der Waals surface area contributed by atoms with E-state index in [9.17, 15) is 12.8 Å². The lowest BCUT2D eigenvalue weighted by atomic mass is 10.2. The van der Waals surface area contributed by atoms with Crippen LogP contribution in [0.5, 0.6) is 0 Å². The van der Waals surface area contributed by atoms with Crippen LogP contribution in [-0.2, 0) is 21.5 Å². The van der Waals surface area contributed by atoms with Crippen molar-refractivity contribution in [3.05, 3.63) is 35.6 Å². The van der Waals surface area contributed by atoms with Gasteiger partial charge in [-0.05, 0) is 31.5 Å². The van der Waals surface area contributed by atoms with Crippen LogP contribution in [0.2, 0.25) is 0 Å². The molecule has 2 fully saturated rings. The maximum atomic E-state index is 13.0. The smallest absolute Gasteiger partial charge is 0.282 e. The number of rotatable bonds is 4. The van der Waals surface area contributed by atoms with Crippen molar-refractivity contribution in [2.24, 2.45) is 0 Å². The Morgan fingerprint density at radius 3 is 2.12 bits per heavy atom. The predicted octanol–water partition coefficient (Wildman–Crippen LogP) is 1.30. The van der Waals surface area contributed by atoms with E-state index in [0.29, 0.717) is 45.8 Å². The van der Waals surface area contributed by atoms with Crippen molar-refractivity contribution in [1.82, 2.24) is 13.5 Å². The van der Waals surface area contributed by atoms with Crippen LogP contribution in [0.25, 0.3) is 0 Å². The van der Waals surface area contributed by atoms with Crippen molar-refractivity contribution < 1.29 is 17.5 Å². The number of benzene rings is 1. The minimum Gasteiger partial charge on any atom is -0.373 e. The highest BCUT2D eigenvalue weighted by atomic mass is 32.2. The van der Waals surface area contributed by atoms with Crippen molar-refractivity contribution in [1.29, 1.82) is 0 Å². The molecule has 0 aromatic heterocycles. The van der Waals surface area contributed by atoms with E-state index in [1.54, 1.807) is 20.7 Å². The van der Waals surface area contributed by atoms with Crippen LogP contribution in [0.15, 0.2) is 24.3 Å². The minimum absolute atomic E-state index is 0.0849. The van der Waals surface area contributed by atoms with Crippen LogP contribution in [0, 0.1) is 5.82 Å². The average Bonchev–Trinajstić information content (AvgIpc) is 2.57. The first-order chi connectivity index (χ1) is 11.8. The number of morpholine rings is 1. The van der Waals surface area contributed by atoms with Crippen molar-refractivity contribution in [3.63, 3.8) is 0 Å². The SMILES string of the molecule is CC1CN(S(=O)(=O)N2CCN(Cc3ccc(F)cc3)CC2)CC(C)O1. The lowest BCUT2D eigenvalue weighted by molar-refractivity contribution is -0.0457. The Hall–Kier alpha value is -1.06. The summed E-state index contributed by atoms with van der Waals surface area (Å²) in [6.07, 6.45) is -0.170. The molecular formula is C17H26FN3O3S. The molecule has 2 aliphatic rings. The second kappa shape index (κ2) is 7.67. The Kier molecular flexibility index (Phi) is 5.75. The summed E-state index contributed by atoms with van der Waals surface area (Å²) in [6.45, 7) is 7.62. The zero-order valence-corrected chi connectivity index (χ0v) is 15.6. The molecule has 140 valence electrons. The van der Waals surface area contributed by atoms with Gasteiger partial charge < -0.3 is 4.74 Å². The predicted molar refractivity (Wildman–Crippen MR) is 93.8 cm³/mol. The number of halogens is 1. The molecule has 2 atom stereocenters. The molecule has 2 saturated heterocycles. The summed E-state index contributed by atoms with van der Waals surface area (Å²) < 4.78 is 47.5. The highest BCUT2D eigenvalue weighted by Gasteiger charge is 2.36. The maximum absolute atomic E-state index is 13.0. The van der Waals surface area contributed by atoms with E-state index in [4.69, 9.17) is 4.74 Å². The quantitative estimate of drug-likeness (QED) is 0.801. The monoisotopic (exact) mass is 371 g/mol. The third-order valence-electron chi connectivity index (χ3n) is 4.69. The highest BCUT2D eigenvalue weighted by Crippen LogP contribution is 2.19. The molecule has 2 aliphatic heterocycles. The maximum Gasteiger partial charge on any atom is 0.282 e. The van der Waals surface area contributed by atoms with Crippen molar-refractivity contribution in [2.45, 2.75) is 32.6 Å². The summed E-state index contributed by atoms with van der Waals surface area (Å²) in [5.74, 6) is -0.242. The number of piperazine rings is 1. The van der Waals surface area contributed by atoms with Gasteiger partial charge in [-0.3, -0.25) is 4.90 Å². The fourth-order valence-corrected chi connectivity index (χ4v) is 5.20. The number of hydrogen-bond donors (Lipinski definition) is 0. The molecule has 1 aromatic rings. The van der Waals surface area contributed by atoms with Gasteiger partial charge in [-0.15, -0.1) is 0 Å². The summed E-state index contributed by atoms with van der Waals surface area (Å²) in [6, 6.07) is 6.46. The second-order valence-electron chi connectivity index (χ2n) is 6.88. The van der Waals surface area contributed by atoms with Gasteiger partial charge >= 0.3 is 0 Å². The summed E-state index contributed by atoms with van der Waals surface area (Å²) >= 11 is 0. The summed E-state index contributed by atoms with van der Waals surface area (Å²) in [5.41, 5.74) is 1.04. The van der Waals surface area contributed by atoms with Gasteiger partial charge in [0.2, 0.25) is 0 Å². The van der Waals surface area contributed by atoms with E-state index >= 15 is 0 Å². The van der Waals surface area contributed by atoms with E-state index in [1.165, 1.54) is 12.1 Å². The van der Waals surface area contributed by atoms with Gasteiger partial charge in [-0.1, -0.05) is 12.1 Å². The summed E-state index contributed by atoms with van der Waals surface area (Å²) in [4.78, 5) is 2.20. The van der Waals surface area contributed by atoms with Crippen molar-refractivity contribution >= 4 is 10.2 Å². The van der Waals surface area contributed by atoms with Gasteiger partial charge in [-0.2, -0.15) is 17.0 Å². The molecule has 25 heavy (non-hydrogen) atoms. The topological polar surface area (TPSA) is 53.1 Å².